The van der Waals surface area contributed by atoms with Crippen LogP contribution in [0, 0.1) is 0 Å². The number of ether oxygens (including phenoxy) is 1. The highest BCUT2D eigenvalue weighted by molar-refractivity contribution is 5.65. The van der Waals surface area contributed by atoms with Gasteiger partial charge in [-0.3, -0.25) is 0 Å². The lowest BCUT2D eigenvalue weighted by Gasteiger charge is -2.21. The quantitative estimate of drug-likeness (QED) is 0.633. The number of aromatic nitrogens is 2. The number of hydrogen-bond acceptors (Lipinski definition) is 5. The highest BCUT2D eigenvalue weighted by Crippen LogP contribution is 2.32. The van der Waals surface area contributed by atoms with Gasteiger partial charge in [-0.1, -0.05) is 37.3 Å². The summed E-state index contributed by atoms with van der Waals surface area (Å²) in [7, 11) is 0. The first-order valence-corrected chi connectivity index (χ1v) is 8.43. The minimum absolute atomic E-state index is 0.0590. The molecule has 1 heterocycles. The zero-order valence-corrected chi connectivity index (χ0v) is 14.6. The van der Waals surface area contributed by atoms with Gasteiger partial charge >= 0.3 is 6.16 Å². The summed E-state index contributed by atoms with van der Waals surface area (Å²) >= 11 is 0. The predicted molar refractivity (Wildman–Crippen MR) is 94.8 cm³/mol. The number of aliphatic hydroxyl groups excluding tert-OH is 1. The van der Waals surface area contributed by atoms with Gasteiger partial charge in [-0.15, -0.1) is 0 Å². The molecule has 2 aromatic rings. The number of carbonyl (C=O) groups is 1. The molecule has 0 aliphatic carbocycles. The van der Waals surface area contributed by atoms with E-state index in [-0.39, 0.29) is 17.6 Å². The normalized spacial score (nSPS) is 13.4. The van der Waals surface area contributed by atoms with Gasteiger partial charge in [-0.25, -0.2) is 9.48 Å². The maximum absolute atomic E-state index is 10.9. The third-order valence-corrected chi connectivity index (χ3v) is 4.17. The van der Waals surface area contributed by atoms with E-state index in [1.807, 2.05) is 25.1 Å². The Morgan fingerprint density at radius 2 is 2.04 bits per heavy atom. The molecule has 2 unspecified atom stereocenters. The van der Waals surface area contributed by atoms with Crippen molar-refractivity contribution in [3.63, 3.8) is 0 Å². The van der Waals surface area contributed by atoms with Gasteiger partial charge < -0.3 is 20.7 Å². The summed E-state index contributed by atoms with van der Waals surface area (Å²) in [4.78, 5) is 10.9. The molecule has 25 heavy (non-hydrogen) atoms. The number of carboxylic acid groups (broad SMARTS) is 1. The molecule has 0 amide bonds. The van der Waals surface area contributed by atoms with Crippen molar-refractivity contribution in [1.29, 1.82) is 0 Å². The topological polar surface area (TPSA) is 111 Å². The van der Waals surface area contributed by atoms with Crippen molar-refractivity contribution in [2.24, 2.45) is 0 Å². The van der Waals surface area contributed by atoms with Crippen LogP contribution in [-0.4, -0.2) is 32.3 Å². The summed E-state index contributed by atoms with van der Waals surface area (Å²) in [5.41, 5.74) is 7.74. The molecule has 0 fully saturated rings. The molecule has 1 aromatic carbocycles. The molecule has 7 nitrogen and oxygen atoms in total. The van der Waals surface area contributed by atoms with Gasteiger partial charge in [0.1, 0.15) is 5.69 Å². The number of benzene rings is 1. The van der Waals surface area contributed by atoms with E-state index in [9.17, 15) is 9.90 Å². The molecule has 7 heteroatoms. The van der Waals surface area contributed by atoms with Crippen LogP contribution in [0.2, 0.25) is 0 Å². The molecule has 2 rings (SSSR count). The standard InChI is InChI=1S/C18H25N3O4/c1-3-14-16(25-18(23)24)17(19)21(20-14)15(12(2)22)11-7-10-13-8-5-4-6-9-13/h4-6,8-9,12,15,22H,3,7,10-11,19H2,1-2H3,(H,23,24). The van der Waals surface area contributed by atoms with Crippen molar-refractivity contribution in [1.82, 2.24) is 9.78 Å². The largest absolute Gasteiger partial charge is 0.511 e. The third kappa shape index (κ3) is 4.73. The molecule has 0 saturated heterocycles. The fraction of sp³-hybridized carbons (Fsp3) is 0.444. The first kappa shape index (κ1) is 18.8. The Morgan fingerprint density at radius 3 is 2.60 bits per heavy atom. The van der Waals surface area contributed by atoms with Crippen LogP contribution in [-0.2, 0) is 12.8 Å². The lowest BCUT2D eigenvalue weighted by atomic mass is 10.0. The van der Waals surface area contributed by atoms with E-state index < -0.39 is 12.3 Å². The summed E-state index contributed by atoms with van der Waals surface area (Å²) < 4.78 is 6.27. The van der Waals surface area contributed by atoms with Gasteiger partial charge in [0.25, 0.3) is 0 Å². The molecule has 4 N–H and O–H groups in total. The Hall–Kier alpha value is -2.54. The molecular formula is C18H25N3O4. The number of anilines is 1. The van der Waals surface area contributed by atoms with Gasteiger partial charge in [0.15, 0.2) is 11.6 Å². The molecule has 0 aliphatic rings. The lowest BCUT2D eigenvalue weighted by molar-refractivity contribution is 0.117. The van der Waals surface area contributed by atoms with Crippen molar-refractivity contribution in [3.8, 4) is 5.75 Å². The van der Waals surface area contributed by atoms with Crippen LogP contribution in [0.3, 0.4) is 0 Å². The molecule has 1 aromatic heterocycles. The minimum atomic E-state index is -1.43. The molecule has 0 radical (unpaired) electrons. The summed E-state index contributed by atoms with van der Waals surface area (Å²) in [6.07, 6.45) is 0.753. The van der Waals surface area contributed by atoms with E-state index in [1.54, 1.807) is 6.92 Å². The molecule has 0 saturated carbocycles. The van der Waals surface area contributed by atoms with Crippen LogP contribution >= 0.6 is 0 Å². The summed E-state index contributed by atoms with van der Waals surface area (Å²) in [6.45, 7) is 3.52. The van der Waals surface area contributed by atoms with E-state index in [0.717, 1.165) is 12.8 Å². The third-order valence-electron chi connectivity index (χ3n) is 4.17. The van der Waals surface area contributed by atoms with Crippen LogP contribution in [0.1, 0.15) is 44.0 Å². The molecule has 0 bridgehead atoms. The second kappa shape index (κ2) is 8.53. The second-order valence-electron chi connectivity index (χ2n) is 6.01. The first-order valence-electron chi connectivity index (χ1n) is 8.43. The Kier molecular flexibility index (Phi) is 6.41. The fourth-order valence-corrected chi connectivity index (χ4v) is 2.89. The number of nitrogens with two attached hydrogens (primary N) is 1. The Labute approximate surface area is 147 Å². The van der Waals surface area contributed by atoms with Crippen LogP contribution in [0.25, 0.3) is 0 Å². The zero-order valence-electron chi connectivity index (χ0n) is 14.6. The van der Waals surface area contributed by atoms with E-state index in [1.165, 1.54) is 10.2 Å². The smallest absolute Gasteiger partial charge is 0.449 e. The summed E-state index contributed by atoms with van der Waals surface area (Å²) in [6, 6.07) is 9.75. The monoisotopic (exact) mass is 347 g/mol. The van der Waals surface area contributed by atoms with E-state index >= 15 is 0 Å². The highest BCUT2D eigenvalue weighted by atomic mass is 16.7. The van der Waals surface area contributed by atoms with Gasteiger partial charge in [-0.05, 0) is 38.2 Å². The number of aliphatic hydroxyl groups is 1. The van der Waals surface area contributed by atoms with Crippen LogP contribution < -0.4 is 10.5 Å². The Morgan fingerprint density at radius 1 is 1.36 bits per heavy atom. The Balaban J connectivity index is 2.16. The SMILES string of the molecule is CCc1nn(C(CCCc2ccccc2)C(C)O)c(N)c1OC(=O)O. The molecule has 2 atom stereocenters. The summed E-state index contributed by atoms with van der Waals surface area (Å²) in [5, 5.41) is 23.4. The first-order chi connectivity index (χ1) is 11.9. The average molecular weight is 347 g/mol. The molecular weight excluding hydrogens is 322 g/mol. The van der Waals surface area contributed by atoms with E-state index in [2.05, 4.69) is 17.2 Å². The minimum Gasteiger partial charge on any atom is -0.449 e. The van der Waals surface area contributed by atoms with Crippen molar-refractivity contribution in [2.75, 3.05) is 5.73 Å². The van der Waals surface area contributed by atoms with Crippen molar-refractivity contribution in [2.45, 2.75) is 51.7 Å². The van der Waals surface area contributed by atoms with E-state index in [4.69, 9.17) is 15.6 Å². The van der Waals surface area contributed by atoms with Crippen LogP contribution in [0.4, 0.5) is 10.6 Å². The maximum atomic E-state index is 10.9. The van der Waals surface area contributed by atoms with Gasteiger partial charge in [0.05, 0.1) is 12.1 Å². The van der Waals surface area contributed by atoms with Crippen molar-refractivity contribution in [3.05, 3.63) is 41.6 Å². The van der Waals surface area contributed by atoms with E-state index in [0.29, 0.717) is 18.5 Å². The Bertz CT molecular complexity index is 698. The zero-order chi connectivity index (χ0) is 18.4. The molecule has 0 aliphatic heterocycles. The highest BCUT2D eigenvalue weighted by Gasteiger charge is 2.26. The number of rotatable bonds is 8. The maximum Gasteiger partial charge on any atom is 0.511 e. The molecule has 0 spiro atoms. The lowest BCUT2D eigenvalue weighted by Crippen LogP contribution is -2.24. The van der Waals surface area contributed by atoms with Crippen LogP contribution in [0.5, 0.6) is 5.75 Å². The summed E-state index contributed by atoms with van der Waals surface area (Å²) in [5.74, 6) is 0.188. The van der Waals surface area contributed by atoms with Gasteiger partial charge in [-0.2, -0.15) is 5.10 Å². The average Bonchev–Trinajstić information content (AvgIpc) is 2.88. The molecule has 136 valence electrons. The number of aryl methyl sites for hydroxylation is 2. The fourth-order valence-electron chi connectivity index (χ4n) is 2.89. The van der Waals surface area contributed by atoms with Crippen molar-refractivity contribution < 1.29 is 19.7 Å². The second-order valence-corrected chi connectivity index (χ2v) is 6.01. The van der Waals surface area contributed by atoms with Gasteiger partial charge in [0.2, 0.25) is 0 Å². The number of nitrogen functional groups attached to an aromatic ring is 1. The van der Waals surface area contributed by atoms with Crippen LogP contribution in [0.15, 0.2) is 30.3 Å². The van der Waals surface area contributed by atoms with Crippen molar-refractivity contribution >= 4 is 12.0 Å². The number of hydrogen-bond donors (Lipinski definition) is 3. The van der Waals surface area contributed by atoms with Gasteiger partial charge in [0, 0.05) is 0 Å². The number of nitrogens with zero attached hydrogens (tertiary/aromatic N) is 2. The predicted octanol–water partition coefficient (Wildman–Crippen LogP) is 3.03.